The predicted octanol–water partition coefficient (Wildman–Crippen LogP) is 7.29. The van der Waals surface area contributed by atoms with Gasteiger partial charge in [0.15, 0.2) is 11.5 Å². The fourth-order valence-corrected chi connectivity index (χ4v) is 3.72. The van der Waals surface area contributed by atoms with E-state index in [1.165, 1.54) is 50.9 Å². The molecule has 2 aromatic rings. The van der Waals surface area contributed by atoms with E-state index >= 15 is 0 Å². The maximum Gasteiger partial charge on any atom is 0.161 e. The number of nitrogens with zero attached hydrogens (tertiary/aromatic N) is 1. The van der Waals surface area contributed by atoms with Crippen LogP contribution in [0.3, 0.4) is 0 Å². The van der Waals surface area contributed by atoms with Gasteiger partial charge in [0.05, 0.1) is 12.1 Å². The third-order valence-corrected chi connectivity index (χ3v) is 5.79. The molecule has 0 heterocycles. The van der Waals surface area contributed by atoms with Crippen LogP contribution in [0.2, 0.25) is 5.02 Å². The second-order valence-corrected chi connectivity index (χ2v) is 8.50. The Kier molecular flexibility index (Phi) is 18.3. The maximum atomic E-state index is 13.2. The topological polar surface area (TPSA) is 33.7 Å². The average molecular weight is 538 g/mol. The molecule has 8 heteroatoms. The number of hydrogen-bond donors (Lipinski definition) is 1. The van der Waals surface area contributed by atoms with Crippen molar-refractivity contribution in [3.05, 3.63) is 58.4 Å². The lowest BCUT2D eigenvalue weighted by Crippen LogP contribution is -2.29. The molecule has 0 aliphatic carbocycles. The van der Waals surface area contributed by atoms with Gasteiger partial charge in [-0.3, -0.25) is 0 Å². The van der Waals surface area contributed by atoms with Crippen molar-refractivity contribution in [2.24, 2.45) is 0 Å². The summed E-state index contributed by atoms with van der Waals surface area (Å²) in [4.78, 5) is 2.59. The largest absolute Gasteiger partial charge is 0.493 e. The molecule has 0 aliphatic rings. The van der Waals surface area contributed by atoms with Crippen molar-refractivity contribution in [3.63, 3.8) is 0 Å². The standard InChI is InChI=1S/C26H38ClFN2O2.2ClH/c1-4-6-14-30(15-7-5-2)16-8-13-29-19-21-9-12-25(26(17-21)31-3)32-20-22-10-11-23(28)18-24(22)27;;/h9-12,17-18,29H,4-8,13-16,19-20H2,1-3H3;2*1H. The van der Waals surface area contributed by atoms with Gasteiger partial charge in [0.2, 0.25) is 0 Å². The van der Waals surface area contributed by atoms with E-state index in [4.69, 9.17) is 21.1 Å². The molecule has 0 aromatic heterocycles. The van der Waals surface area contributed by atoms with Crippen LogP contribution in [0.4, 0.5) is 4.39 Å². The molecule has 4 nitrogen and oxygen atoms in total. The van der Waals surface area contributed by atoms with Crippen molar-refractivity contribution in [3.8, 4) is 11.5 Å². The Morgan fingerprint density at radius 2 is 1.59 bits per heavy atom. The first kappa shape index (κ1) is 32.8. The number of rotatable bonds is 16. The van der Waals surface area contributed by atoms with E-state index in [2.05, 4.69) is 24.1 Å². The minimum Gasteiger partial charge on any atom is -0.493 e. The highest BCUT2D eigenvalue weighted by Gasteiger charge is 2.09. The van der Waals surface area contributed by atoms with Gasteiger partial charge in [-0.05, 0) is 75.3 Å². The Labute approximate surface area is 222 Å². The second-order valence-electron chi connectivity index (χ2n) is 8.09. The van der Waals surface area contributed by atoms with Crippen molar-refractivity contribution < 1.29 is 13.9 Å². The van der Waals surface area contributed by atoms with Crippen LogP contribution in [0.25, 0.3) is 0 Å². The second kappa shape index (κ2) is 19.0. The molecule has 2 rings (SSSR count). The Hall–Kier alpha value is -1.24. The molecule has 0 saturated heterocycles. The molecular formula is C26H40Cl3FN2O2. The summed E-state index contributed by atoms with van der Waals surface area (Å²) in [7, 11) is 1.63. The van der Waals surface area contributed by atoms with Crippen LogP contribution >= 0.6 is 36.4 Å². The molecule has 0 spiro atoms. The highest BCUT2D eigenvalue weighted by Crippen LogP contribution is 2.29. The van der Waals surface area contributed by atoms with Crippen molar-refractivity contribution >= 4 is 36.4 Å². The number of halogens is 4. The number of benzene rings is 2. The quantitative estimate of drug-likeness (QED) is 0.228. The molecule has 34 heavy (non-hydrogen) atoms. The van der Waals surface area contributed by atoms with E-state index in [0.29, 0.717) is 16.5 Å². The zero-order chi connectivity index (χ0) is 23.2. The van der Waals surface area contributed by atoms with Gasteiger partial charge in [-0.15, -0.1) is 24.8 Å². The van der Waals surface area contributed by atoms with E-state index in [1.54, 1.807) is 13.2 Å². The first-order valence-electron chi connectivity index (χ1n) is 11.7. The van der Waals surface area contributed by atoms with Crippen LogP contribution in [0, 0.1) is 5.82 Å². The lowest BCUT2D eigenvalue weighted by Gasteiger charge is -2.22. The van der Waals surface area contributed by atoms with Gasteiger partial charge in [0.25, 0.3) is 0 Å². The number of ether oxygens (including phenoxy) is 2. The summed E-state index contributed by atoms with van der Waals surface area (Å²) in [6, 6.07) is 10.2. The molecule has 0 atom stereocenters. The summed E-state index contributed by atoms with van der Waals surface area (Å²) in [5.41, 5.74) is 1.87. The summed E-state index contributed by atoms with van der Waals surface area (Å²) < 4.78 is 24.6. The van der Waals surface area contributed by atoms with Crippen molar-refractivity contribution in [2.45, 2.75) is 59.1 Å². The van der Waals surface area contributed by atoms with E-state index in [1.807, 2.05) is 18.2 Å². The number of nitrogens with one attached hydrogen (secondary N) is 1. The molecule has 194 valence electrons. The van der Waals surface area contributed by atoms with Gasteiger partial charge in [-0.25, -0.2) is 4.39 Å². The molecule has 0 unspecified atom stereocenters. The Balaban J connectivity index is 0.00000544. The smallest absolute Gasteiger partial charge is 0.161 e. The highest BCUT2D eigenvalue weighted by atomic mass is 35.5. The van der Waals surface area contributed by atoms with Crippen LogP contribution in [0.1, 0.15) is 57.1 Å². The van der Waals surface area contributed by atoms with E-state index in [-0.39, 0.29) is 37.2 Å². The Bertz CT molecular complexity index is 804. The minimum atomic E-state index is -0.359. The summed E-state index contributed by atoms with van der Waals surface area (Å²) in [5, 5.41) is 3.89. The molecule has 0 radical (unpaired) electrons. The first-order valence-corrected chi connectivity index (χ1v) is 12.1. The maximum absolute atomic E-state index is 13.2. The van der Waals surface area contributed by atoms with Gasteiger partial charge in [0, 0.05) is 12.1 Å². The molecule has 1 N–H and O–H groups in total. The van der Waals surface area contributed by atoms with E-state index < -0.39 is 0 Å². The van der Waals surface area contributed by atoms with Gasteiger partial charge in [-0.2, -0.15) is 0 Å². The van der Waals surface area contributed by atoms with Gasteiger partial charge in [-0.1, -0.05) is 50.4 Å². The Morgan fingerprint density at radius 1 is 0.912 bits per heavy atom. The third-order valence-electron chi connectivity index (χ3n) is 5.44. The molecule has 0 fully saturated rings. The molecule has 0 bridgehead atoms. The molecule has 0 amide bonds. The third kappa shape index (κ3) is 11.9. The van der Waals surface area contributed by atoms with Crippen LogP contribution in [0.5, 0.6) is 11.5 Å². The van der Waals surface area contributed by atoms with Crippen LogP contribution in [-0.4, -0.2) is 38.2 Å². The van der Waals surface area contributed by atoms with Crippen molar-refractivity contribution in [1.29, 1.82) is 0 Å². The monoisotopic (exact) mass is 536 g/mol. The van der Waals surface area contributed by atoms with Crippen molar-refractivity contribution in [1.82, 2.24) is 10.2 Å². The average Bonchev–Trinajstić information content (AvgIpc) is 2.79. The molecule has 2 aromatic carbocycles. The van der Waals surface area contributed by atoms with Crippen LogP contribution in [0.15, 0.2) is 36.4 Å². The summed E-state index contributed by atoms with van der Waals surface area (Å²) >= 11 is 6.08. The zero-order valence-electron chi connectivity index (χ0n) is 20.6. The normalized spacial score (nSPS) is 10.5. The first-order chi connectivity index (χ1) is 15.6. The van der Waals surface area contributed by atoms with Crippen molar-refractivity contribution in [2.75, 3.05) is 33.3 Å². The van der Waals surface area contributed by atoms with Gasteiger partial charge in [0.1, 0.15) is 12.4 Å². The fourth-order valence-electron chi connectivity index (χ4n) is 3.49. The minimum absolute atomic E-state index is 0. The predicted molar refractivity (Wildman–Crippen MR) is 146 cm³/mol. The number of unbranched alkanes of at least 4 members (excludes halogenated alkanes) is 2. The van der Waals surface area contributed by atoms with Gasteiger partial charge < -0.3 is 19.7 Å². The van der Waals surface area contributed by atoms with E-state index in [0.717, 1.165) is 37.2 Å². The lowest BCUT2D eigenvalue weighted by molar-refractivity contribution is 0.261. The molecule has 0 saturated carbocycles. The highest BCUT2D eigenvalue weighted by molar-refractivity contribution is 6.31. The van der Waals surface area contributed by atoms with E-state index in [9.17, 15) is 4.39 Å². The summed E-state index contributed by atoms with van der Waals surface area (Å²) in [5.74, 6) is 0.954. The van der Waals surface area contributed by atoms with Gasteiger partial charge >= 0.3 is 0 Å². The molecule has 0 aliphatic heterocycles. The Morgan fingerprint density at radius 3 is 2.21 bits per heavy atom. The molecular weight excluding hydrogens is 498 g/mol. The zero-order valence-corrected chi connectivity index (χ0v) is 23.0. The number of hydrogen-bond acceptors (Lipinski definition) is 4. The van der Waals surface area contributed by atoms with Crippen LogP contribution < -0.4 is 14.8 Å². The lowest BCUT2D eigenvalue weighted by atomic mass is 10.2. The summed E-state index contributed by atoms with van der Waals surface area (Å²) in [6.45, 7) is 10.1. The SMILES string of the molecule is CCCCN(CCCC)CCCNCc1ccc(OCc2ccc(F)cc2Cl)c(OC)c1.Cl.Cl. The fraction of sp³-hybridized carbons (Fsp3) is 0.538. The number of methoxy groups -OCH3 is 1. The van der Waals surface area contributed by atoms with Crippen LogP contribution in [-0.2, 0) is 13.2 Å². The summed E-state index contributed by atoms with van der Waals surface area (Å²) in [6.07, 6.45) is 6.19.